The number of thioether (sulfide) groups is 1. The summed E-state index contributed by atoms with van der Waals surface area (Å²) in [5, 5.41) is 11.2. The second-order valence-electron chi connectivity index (χ2n) is 6.63. The number of aryl methyl sites for hydroxylation is 1. The molecule has 0 fully saturated rings. The van der Waals surface area contributed by atoms with Crippen molar-refractivity contribution in [3.8, 4) is 0 Å². The molecule has 1 heterocycles. The van der Waals surface area contributed by atoms with Crippen molar-refractivity contribution < 1.29 is 0 Å². The third-order valence-corrected chi connectivity index (χ3v) is 5.27. The van der Waals surface area contributed by atoms with Gasteiger partial charge in [-0.15, -0.1) is 35.7 Å². The Labute approximate surface area is 194 Å². The minimum absolute atomic E-state index is 0. The molecule has 29 heavy (non-hydrogen) atoms. The van der Waals surface area contributed by atoms with Gasteiger partial charge in [-0.05, 0) is 35.9 Å². The van der Waals surface area contributed by atoms with Crippen molar-refractivity contribution in [1.82, 2.24) is 20.4 Å². The molecule has 7 heteroatoms. The normalized spacial score (nSPS) is 11.1. The third-order valence-electron chi connectivity index (χ3n) is 4.45. The zero-order valence-electron chi connectivity index (χ0n) is 17.1. The van der Waals surface area contributed by atoms with Gasteiger partial charge in [0, 0.05) is 36.8 Å². The van der Waals surface area contributed by atoms with E-state index in [4.69, 9.17) is 0 Å². The van der Waals surface area contributed by atoms with Crippen LogP contribution in [-0.2, 0) is 19.6 Å². The van der Waals surface area contributed by atoms with Gasteiger partial charge in [-0.2, -0.15) is 5.10 Å². The number of hydrogen-bond donors (Lipinski definition) is 2. The van der Waals surface area contributed by atoms with E-state index in [1.54, 1.807) is 18.8 Å². The van der Waals surface area contributed by atoms with Crippen molar-refractivity contribution in [1.29, 1.82) is 0 Å². The molecule has 2 N–H and O–H groups in total. The van der Waals surface area contributed by atoms with Crippen LogP contribution in [-0.4, -0.2) is 29.0 Å². The molecule has 2 aromatic carbocycles. The van der Waals surface area contributed by atoms with Crippen LogP contribution in [0.15, 0.2) is 70.8 Å². The van der Waals surface area contributed by atoms with Crippen LogP contribution in [0.3, 0.4) is 0 Å². The summed E-state index contributed by atoms with van der Waals surface area (Å²) < 4.78 is 1.96. The van der Waals surface area contributed by atoms with E-state index < -0.39 is 0 Å². The zero-order valence-corrected chi connectivity index (χ0v) is 20.2. The van der Waals surface area contributed by atoms with Crippen LogP contribution < -0.4 is 10.6 Å². The smallest absolute Gasteiger partial charge is 0.191 e. The standard InChI is InChI=1S/C22H27N5S.HI/c1-17-9-10-20(21(11-17)28-3)14-25-22(23-2)24-12-19-13-26-27(16-19)15-18-7-5-4-6-8-18;/h4-11,13,16H,12,14-15H2,1-3H3,(H2,23,24,25);1H. The van der Waals surface area contributed by atoms with Gasteiger partial charge in [-0.25, -0.2) is 0 Å². The molecule has 1 aromatic heterocycles. The second-order valence-corrected chi connectivity index (χ2v) is 7.47. The molecular weight excluding hydrogens is 493 g/mol. The highest BCUT2D eigenvalue weighted by Gasteiger charge is 2.05. The summed E-state index contributed by atoms with van der Waals surface area (Å²) in [7, 11) is 1.79. The lowest BCUT2D eigenvalue weighted by Gasteiger charge is -2.13. The molecule has 0 aliphatic carbocycles. The molecular formula is C22H28IN5S. The highest BCUT2D eigenvalue weighted by Crippen LogP contribution is 2.21. The number of aromatic nitrogens is 2. The number of benzene rings is 2. The van der Waals surface area contributed by atoms with E-state index in [1.165, 1.54) is 21.6 Å². The summed E-state index contributed by atoms with van der Waals surface area (Å²) in [5.74, 6) is 0.781. The first-order chi connectivity index (χ1) is 13.7. The zero-order chi connectivity index (χ0) is 19.8. The minimum Gasteiger partial charge on any atom is -0.352 e. The molecule has 0 saturated heterocycles. The van der Waals surface area contributed by atoms with Crippen LogP contribution in [0.25, 0.3) is 0 Å². The van der Waals surface area contributed by atoms with Gasteiger partial charge in [0.05, 0.1) is 12.7 Å². The summed E-state index contributed by atoms with van der Waals surface area (Å²) in [4.78, 5) is 5.62. The number of halogens is 1. The van der Waals surface area contributed by atoms with Crippen LogP contribution in [0.5, 0.6) is 0 Å². The van der Waals surface area contributed by atoms with Crippen molar-refractivity contribution in [2.45, 2.75) is 31.5 Å². The Bertz CT molecular complexity index is 924. The van der Waals surface area contributed by atoms with E-state index >= 15 is 0 Å². The Kier molecular flexibility index (Phi) is 9.53. The van der Waals surface area contributed by atoms with Gasteiger partial charge in [-0.3, -0.25) is 9.67 Å². The van der Waals surface area contributed by atoms with Crippen LogP contribution in [0.2, 0.25) is 0 Å². The molecule has 0 unspecified atom stereocenters. The van der Waals surface area contributed by atoms with Gasteiger partial charge in [0.15, 0.2) is 5.96 Å². The molecule has 3 aromatic rings. The fourth-order valence-electron chi connectivity index (χ4n) is 2.94. The Morgan fingerprint density at radius 3 is 2.55 bits per heavy atom. The molecule has 0 spiro atoms. The lowest BCUT2D eigenvalue weighted by atomic mass is 10.1. The average molecular weight is 521 g/mol. The number of hydrogen-bond acceptors (Lipinski definition) is 3. The molecule has 154 valence electrons. The highest BCUT2D eigenvalue weighted by atomic mass is 127. The first-order valence-electron chi connectivity index (χ1n) is 9.31. The molecule has 0 aliphatic rings. The van der Waals surface area contributed by atoms with Gasteiger partial charge in [0.2, 0.25) is 0 Å². The third kappa shape index (κ3) is 7.08. The monoisotopic (exact) mass is 521 g/mol. The molecule has 5 nitrogen and oxygen atoms in total. The molecule has 0 atom stereocenters. The summed E-state index contributed by atoms with van der Waals surface area (Å²) in [5.41, 5.74) is 4.92. The van der Waals surface area contributed by atoms with Gasteiger partial charge in [-0.1, -0.05) is 42.5 Å². The number of nitrogens with zero attached hydrogens (tertiary/aromatic N) is 3. The van der Waals surface area contributed by atoms with Crippen LogP contribution >= 0.6 is 35.7 Å². The first kappa shape index (κ1) is 23.3. The van der Waals surface area contributed by atoms with E-state index in [2.05, 4.69) is 70.4 Å². The van der Waals surface area contributed by atoms with Crippen molar-refractivity contribution in [3.05, 3.63) is 83.2 Å². The van der Waals surface area contributed by atoms with Gasteiger partial charge >= 0.3 is 0 Å². The Hall–Kier alpha value is -2.00. The van der Waals surface area contributed by atoms with E-state index in [0.717, 1.165) is 24.6 Å². The molecule has 0 bridgehead atoms. The minimum atomic E-state index is 0. The van der Waals surface area contributed by atoms with Gasteiger partial charge in [0.1, 0.15) is 0 Å². The predicted molar refractivity (Wildman–Crippen MR) is 133 cm³/mol. The van der Waals surface area contributed by atoms with E-state index in [0.29, 0.717) is 6.54 Å². The predicted octanol–water partition coefficient (Wildman–Crippen LogP) is 4.44. The van der Waals surface area contributed by atoms with E-state index in [1.807, 2.05) is 29.1 Å². The van der Waals surface area contributed by atoms with E-state index in [-0.39, 0.29) is 24.0 Å². The SMILES string of the molecule is CN=C(NCc1cnn(Cc2ccccc2)c1)NCc1ccc(C)cc1SC.I. The Morgan fingerprint density at radius 1 is 1.07 bits per heavy atom. The maximum absolute atomic E-state index is 4.45. The molecule has 0 radical (unpaired) electrons. The summed E-state index contributed by atoms with van der Waals surface area (Å²) in [6.07, 6.45) is 6.08. The lowest BCUT2D eigenvalue weighted by molar-refractivity contribution is 0.685. The molecule has 0 aliphatic heterocycles. The first-order valence-corrected chi connectivity index (χ1v) is 10.5. The summed E-state index contributed by atoms with van der Waals surface area (Å²) in [6, 6.07) is 16.9. The van der Waals surface area contributed by atoms with Crippen molar-refractivity contribution in [3.63, 3.8) is 0 Å². The largest absolute Gasteiger partial charge is 0.352 e. The topological polar surface area (TPSA) is 54.2 Å². The van der Waals surface area contributed by atoms with Crippen LogP contribution in [0, 0.1) is 6.92 Å². The quantitative estimate of drug-likeness (QED) is 0.209. The summed E-state index contributed by atoms with van der Waals surface area (Å²) >= 11 is 1.77. The number of aliphatic imine (C=N–C) groups is 1. The van der Waals surface area contributed by atoms with Crippen LogP contribution in [0.4, 0.5) is 0 Å². The van der Waals surface area contributed by atoms with Gasteiger partial charge < -0.3 is 10.6 Å². The second kappa shape index (κ2) is 11.9. The fourth-order valence-corrected chi connectivity index (χ4v) is 3.64. The van der Waals surface area contributed by atoms with Crippen LogP contribution in [0.1, 0.15) is 22.3 Å². The Morgan fingerprint density at radius 2 is 1.83 bits per heavy atom. The van der Waals surface area contributed by atoms with Crippen molar-refractivity contribution in [2.24, 2.45) is 4.99 Å². The molecule has 0 amide bonds. The average Bonchev–Trinajstić information content (AvgIpc) is 3.16. The summed E-state index contributed by atoms with van der Waals surface area (Å²) in [6.45, 7) is 4.31. The lowest BCUT2D eigenvalue weighted by Crippen LogP contribution is -2.36. The maximum Gasteiger partial charge on any atom is 0.191 e. The number of guanidine groups is 1. The highest BCUT2D eigenvalue weighted by molar-refractivity contribution is 14.0. The number of nitrogens with one attached hydrogen (secondary N) is 2. The fraction of sp³-hybridized carbons (Fsp3) is 0.273. The molecule has 3 rings (SSSR count). The Balaban J connectivity index is 0.00000300. The maximum atomic E-state index is 4.45. The van der Waals surface area contributed by atoms with Crippen molar-refractivity contribution >= 4 is 41.7 Å². The molecule has 0 saturated carbocycles. The number of rotatable bonds is 7. The van der Waals surface area contributed by atoms with Gasteiger partial charge in [0.25, 0.3) is 0 Å². The van der Waals surface area contributed by atoms with Crippen molar-refractivity contribution in [2.75, 3.05) is 13.3 Å². The van der Waals surface area contributed by atoms with E-state index in [9.17, 15) is 0 Å².